The van der Waals surface area contributed by atoms with Crippen LogP contribution in [-0.4, -0.2) is 25.1 Å². The van der Waals surface area contributed by atoms with E-state index in [-0.39, 0.29) is 11.9 Å². The molecule has 1 aliphatic heterocycles. The lowest BCUT2D eigenvalue weighted by Gasteiger charge is -2.08. The summed E-state index contributed by atoms with van der Waals surface area (Å²) >= 11 is 0. The van der Waals surface area contributed by atoms with Gasteiger partial charge in [0, 0.05) is 0 Å². The third kappa shape index (κ3) is 3.80. The van der Waals surface area contributed by atoms with Crippen LogP contribution in [0.25, 0.3) is 6.08 Å². The second-order valence-corrected chi connectivity index (χ2v) is 4.87. The normalized spacial score (nSPS) is 16.9. The molecule has 0 aromatic heterocycles. The topological polar surface area (TPSA) is 38.8 Å². The molecule has 0 spiro atoms. The Balaban J connectivity index is 1.72. The van der Waals surface area contributed by atoms with Crippen molar-refractivity contribution in [1.82, 2.24) is 0 Å². The van der Waals surface area contributed by atoms with Crippen LogP contribution in [0, 0.1) is 0 Å². The number of ether oxygens (including phenoxy) is 2. The summed E-state index contributed by atoms with van der Waals surface area (Å²) in [6.07, 6.45) is 3.56. The fraction of sp³-hybridized carbons (Fsp3) is 0.167. The Labute approximate surface area is 123 Å². The summed E-state index contributed by atoms with van der Waals surface area (Å²) in [5.74, 6) is 0.543. The van der Waals surface area contributed by atoms with Crippen molar-refractivity contribution in [3.63, 3.8) is 0 Å². The summed E-state index contributed by atoms with van der Waals surface area (Å²) in [7, 11) is 0. The minimum absolute atomic E-state index is 0.0637. The van der Waals surface area contributed by atoms with Crippen LogP contribution in [0.5, 0.6) is 5.75 Å². The number of epoxide rings is 1. The maximum Gasteiger partial charge on any atom is 0.189 e. The largest absolute Gasteiger partial charge is 0.490 e. The van der Waals surface area contributed by atoms with E-state index in [0.29, 0.717) is 17.9 Å². The molecule has 2 aromatic rings. The molecule has 0 bridgehead atoms. The quantitative estimate of drug-likeness (QED) is 0.462. The van der Waals surface area contributed by atoms with Crippen LogP contribution < -0.4 is 4.74 Å². The van der Waals surface area contributed by atoms with E-state index >= 15 is 0 Å². The molecule has 21 heavy (non-hydrogen) atoms. The van der Waals surface area contributed by atoms with Crippen LogP contribution in [0.1, 0.15) is 15.9 Å². The van der Waals surface area contributed by atoms with Gasteiger partial charge in [0.15, 0.2) is 5.78 Å². The molecule has 1 atom stereocenters. The van der Waals surface area contributed by atoms with E-state index < -0.39 is 0 Å². The predicted molar refractivity (Wildman–Crippen MR) is 81.5 cm³/mol. The Kier molecular flexibility index (Phi) is 4.12. The van der Waals surface area contributed by atoms with E-state index in [1.54, 1.807) is 12.1 Å². The highest BCUT2D eigenvalue weighted by Crippen LogP contribution is 2.21. The molecule has 2 aromatic carbocycles. The van der Waals surface area contributed by atoms with Crippen molar-refractivity contribution in [2.45, 2.75) is 6.10 Å². The average Bonchev–Trinajstić information content (AvgIpc) is 3.36. The number of rotatable bonds is 6. The molecule has 1 unspecified atom stereocenters. The van der Waals surface area contributed by atoms with Gasteiger partial charge in [-0.3, -0.25) is 4.79 Å². The zero-order valence-corrected chi connectivity index (χ0v) is 11.6. The smallest absolute Gasteiger partial charge is 0.189 e. The highest BCUT2D eigenvalue weighted by atomic mass is 16.6. The van der Waals surface area contributed by atoms with Gasteiger partial charge in [-0.25, -0.2) is 0 Å². The van der Waals surface area contributed by atoms with Crippen LogP contribution in [0.15, 0.2) is 60.7 Å². The number of carbonyl (C=O) groups is 1. The maximum atomic E-state index is 12.3. The molecular formula is C18H16O3. The van der Waals surface area contributed by atoms with Gasteiger partial charge in [-0.05, 0) is 23.8 Å². The van der Waals surface area contributed by atoms with Crippen molar-refractivity contribution in [3.05, 3.63) is 71.8 Å². The monoisotopic (exact) mass is 280 g/mol. The molecule has 0 radical (unpaired) electrons. The van der Waals surface area contributed by atoms with Gasteiger partial charge in [0.2, 0.25) is 0 Å². The molecule has 1 saturated heterocycles. The zero-order chi connectivity index (χ0) is 14.5. The Morgan fingerprint density at radius 1 is 1.14 bits per heavy atom. The number of allylic oxidation sites excluding steroid dienone is 1. The third-order valence-corrected chi connectivity index (χ3v) is 3.21. The molecule has 1 fully saturated rings. The summed E-state index contributed by atoms with van der Waals surface area (Å²) in [6, 6.07) is 17.0. The molecule has 3 heteroatoms. The van der Waals surface area contributed by atoms with Crippen LogP contribution in [0.3, 0.4) is 0 Å². The van der Waals surface area contributed by atoms with E-state index in [0.717, 1.165) is 12.2 Å². The van der Waals surface area contributed by atoms with E-state index in [2.05, 4.69) is 0 Å². The van der Waals surface area contributed by atoms with Crippen molar-refractivity contribution in [2.75, 3.05) is 13.2 Å². The standard InChI is InChI=1S/C18H16O3/c19-17(11-10-14-6-2-1-3-7-14)16-8-4-5-9-18(16)21-13-15-12-20-15/h1-11,15H,12-13H2/b11-10+. The van der Waals surface area contributed by atoms with Gasteiger partial charge in [-0.2, -0.15) is 0 Å². The molecule has 0 aliphatic carbocycles. The van der Waals surface area contributed by atoms with Gasteiger partial charge >= 0.3 is 0 Å². The Morgan fingerprint density at radius 3 is 2.62 bits per heavy atom. The first-order valence-corrected chi connectivity index (χ1v) is 6.94. The summed E-state index contributed by atoms with van der Waals surface area (Å²) in [4.78, 5) is 12.3. The van der Waals surface area contributed by atoms with Gasteiger partial charge in [0.25, 0.3) is 0 Å². The van der Waals surface area contributed by atoms with Crippen LogP contribution in [-0.2, 0) is 4.74 Å². The first kappa shape index (κ1) is 13.6. The molecule has 0 amide bonds. The lowest BCUT2D eigenvalue weighted by Crippen LogP contribution is -2.07. The molecule has 0 saturated carbocycles. The highest BCUT2D eigenvalue weighted by Gasteiger charge is 2.23. The van der Waals surface area contributed by atoms with E-state index in [4.69, 9.17) is 9.47 Å². The van der Waals surface area contributed by atoms with Crippen molar-refractivity contribution < 1.29 is 14.3 Å². The number of carbonyl (C=O) groups excluding carboxylic acids is 1. The Hall–Kier alpha value is -2.39. The second-order valence-electron chi connectivity index (χ2n) is 4.87. The first-order chi connectivity index (χ1) is 10.3. The minimum atomic E-state index is -0.0637. The summed E-state index contributed by atoms with van der Waals surface area (Å²) < 4.78 is 10.8. The minimum Gasteiger partial charge on any atom is -0.490 e. The lowest BCUT2D eigenvalue weighted by atomic mass is 10.1. The lowest BCUT2D eigenvalue weighted by molar-refractivity contribution is 0.104. The molecule has 1 heterocycles. The van der Waals surface area contributed by atoms with Gasteiger partial charge in [0.05, 0.1) is 12.2 Å². The van der Waals surface area contributed by atoms with Gasteiger partial charge in [-0.15, -0.1) is 0 Å². The van der Waals surface area contributed by atoms with Crippen molar-refractivity contribution in [2.24, 2.45) is 0 Å². The van der Waals surface area contributed by atoms with Crippen molar-refractivity contribution in [1.29, 1.82) is 0 Å². The fourth-order valence-electron chi connectivity index (χ4n) is 1.97. The first-order valence-electron chi connectivity index (χ1n) is 6.94. The summed E-state index contributed by atoms with van der Waals surface area (Å²) in [6.45, 7) is 1.23. The average molecular weight is 280 g/mol. The number of para-hydroxylation sites is 1. The third-order valence-electron chi connectivity index (χ3n) is 3.21. The van der Waals surface area contributed by atoms with Crippen molar-refractivity contribution in [3.8, 4) is 5.75 Å². The van der Waals surface area contributed by atoms with Gasteiger partial charge in [0.1, 0.15) is 18.5 Å². The maximum absolute atomic E-state index is 12.3. The van der Waals surface area contributed by atoms with Crippen LogP contribution in [0.4, 0.5) is 0 Å². The SMILES string of the molecule is O=C(/C=C/c1ccccc1)c1ccccc1OCC1CO1. The Morgan fingerprint density at radius 2 is 1.86 bits per heavy atom. The van der Waals surface area contributed by atoms with Gasteiger partial charge in [-0.1, -0.05) is 48.5 Å². The molecule has 0 N–H and O–H groups in total. The summed E-state index contributed by atoms with van der Waals surface area (Å²) in [5.41, 5.74) is 1.57. The number of hydrogen-bond donors (Lipinski definition) is 0. The number of ketones is 1. The molecule has 1 aliphatic rings. The molecule has 106 valence electrons. The van der Waals surface area contributed by atoms with E-state index in [1.807, 2.05) is 54.6 Å². The zero-order valence-electron chi connectivity index (χ0n) is 11.6. The van der Waals surface area contributed by atoms with Crippen molar-refractivity contribution >= 4 is 11.9 Å². The summed E-state index contributed by atoms with van der Waals surface area (Å²) in [5, 5.41) is 0. The number of hydrogen-bond acceptors (Lipinski definition) is 3. The van der Waals surface area contributed by atoms with Crippen LogP contribution in [0.2, 0.25) is 0 Å². The predicted octanol–water partition coefficient (Wildman–Crippen LogP) is 3.36. The fourth-order valence-corrected chi connectivity index (χ4v) is 1.97. The van der Waals surface area contributed by atoms with Crippen LogP contribution >= 0.6 is 0 Å². The Bertz CT molecular complexity index is 643. The molecule has 3 nitrogen and oxygen atoms in total. The second kappa shape index (κ2) is 6.37. The van der Waals surface area contributed by atoms with E-state index in [1.165, 1.54) is 0 Å². The molecular weight excluding hydrogens is 264 g/mol. The molecule has 3 rings (SSSR count). The number of benzene rings is 2. The van der Waals surface area contributed by atoms with Gasteiger partial charge < -0.3 is 9.47 Å². The highest BCUT2D eigenvalue weighted by molar-refractivity contribution is 6.08. The van der Waals surface area contributed by atoms with E-state index in [9.17, 15) is 4.79 Å².